The van der Waals surface area contributed by atoms with Gasteiger partial charge in [-0.3, -0.25) is 4.79 Å². The molecule has 4 aromatic rings. The number of benzene rings is 2. The number of fused-ring (bicyclic) bond motifs is 1. The maximum Gasteiger partial charge on any atom is 0.264 e. The highest BCUT2D eigenvalue weighted by Gasteiger charge is 2.19. The van der Waals surface area contributed by atoms with Gasteiger partial charge in [-0.1, -0.05) is 30.3 Å². The number of amides is 1. The van der Waals surface area contributed by atoms with Crippen LogP contribution in [0, 0.1) is 12.7 Å². The summed E-state index contributed by atoms with van der Waals surface area (Å²) in [6.07, 6.45) is 0. The zero-order valence-electron chi connectivity index (χ0n) is 15.0. The van der Waals surface area contributed by atoms with Crippen molar-refractivity contribution in [1.29, 1.82) is 0 Å². The van der Waals surface area contributed by atoms with Crippen LogP contribution in [0.5, 0.6) is 0 Å². The van der Waals surface area contributed by atoms with Crippen LogP contribution >= 0.6 is 11.3 Å². The second-order valence-corrected chi connectivity index (χ2v) is 7.48. The molecule has 4 nitrogen and oxygen atoms in total. The van der Waals surface area contributed by atoms with Crippen molar-refractivity contribution in [2.75, 3.05) is 7.05 Å². The van der Waals surface area contributed by atoms with E-state index in [1.807, 2.05) is 43.3 Å². The summed E-state index contributed by atoms with van der Waals surface area (Å²) >= 11 is 1.41. The van der Waals surface area contributed by atoms with Crippen molar-refractivity contribution in [1.82, 2.24) is 14.7 Å². The van der Waals surface area contributed by atoms with Crippen molar-refractivity contribution in [3.63, 3.8) is 0 Å². The van der Waals surface area contributed by atoms with E-state index in [0.717, 1.165) is 27.2 Å². The van der Waals surface area contributed by atoms with Gasteiger partial charge in [0, 0.05) is 19.0 Å². The summed E-state index contributed by atoms with van der Waals surface area (Å²) in [6, 6.07) is 18.0. The van der Waals surface area contributed by atoms with E-state index in [1.165, 1.54) is 23.5 Å². The van der Waals surface area contributed by atoms with Gasteiger partial charge in [0.15, 0.2) is 0 Å². The van der Waals surface area contributed by atoms with E-state index in [-0.39, 0.29) is 11.7 Å². The Kier molecular flexibility index (Phi) is 4.49. The van der Waals surface area contributed by atoms with Gasteiger partial charge in [-0.15, -0.1) is 11.3 Å². The molecule has 0 saturated carbocycles. The minimum Gasteiger partial charge on any atom is -0.337 e. The number of aryl methyl sites for hydroxylation is 1. The number of hydrogen-bond acceptors (Lipinski definition) is 3. The van der Waals surface area contributed by atoms with Crippen molar-refractivity contribution in [3.8, 4) is 5.69 Å². The van der Waals surface area contributed by atoms with Crippen molar-refractivity contribution in [3.05, 3.63) is 82.6 Å². The largest absolute Gasteiger partial charge is 0.337 e. The molecule has 0 aliphatic heterocycles. The minimum absolute atomic E-state index is 0.0230. The third-order valence-corrected chi connectivity index (χ3v) is 5.53. The van der Waals surface area contributed by atoms with Gasteiger partial charge in [0.2, 0.25) is 0 Å². The highest BCUT2D eigenvalue weighted by atomic mass is 32.1. The maximum atomic E-state index is 13.2. The summed E-state index contributed by atoms with van der Waals surface area (Å²) in [5.41, 5.74) is 2.70. The summed E-state index contributed by atoms with van der Waals surface area (Å²) in [6.45, 7) is 2.47. The molecule has 0 N–H and O–H groups in total. The fourth-order valence-corrected chi connectivity index (χ4v) is 4.20. The lowest BCUT2D eigenvalue weighted by atomic mass is 10.2. The molecule has 2 aromatic heterocycles. The maximum absolute atomic E-state index is 13.2. The Morgan fingerprint density at radius 1 is 1.15 bits per heavy atom. The van der Waals surface area contributed by atoms with E-state index >= 15 is 0 Å². The molecule has 6 heteroatoms. The summed E-state index contributed by atoms with van der Waals surface area (Å²) in [4.78, 5) is 16.1. The van der Waals surface area contributed by atoms with Gasteiger partial charge in [0.25, 0.3) is 5.91 Å². The van der Waals surface area contributed by atoms with Crippen LogP contribution in [0.4, 0.5) is 4.39 Å². The molecular weight excluding hydrogens is 361 g/mol. The van der Waals surface area contributed by atoms with Crippen LogP contribution in [0.15, 0.2) is 60.7 Å². The smallest absolute Gasteiger partial charge is 0.264 e. The van der Waals surface area contributed by atoms with Crippen LogP contribution < -0.4 is 0 Å². The molecule has 136 valence electrons. The van der Waals surface area contributed by atoms with Crippen molar-refractivity contribution in [2.45, 2.75) is 13.5 Å². The molecule has 4 rings (SSSR count). The van der Waals surface area contributed by atoms with Crippen LogP contribution in [0.1, 0.15) is 20.9 Å². The van der Waals surface area contributed by atoms with Crippen LogP contribution in [-0.4, -0.2) is 27.6 Å². The highest BCUT2D eigenvalue weighted by molar-refractivity contribution is 7.20. The Morgan fingerprint density at radius 3 is 2.56 bits per heavy atom. The Labute approximate surface area is 160 Å². The van der Waals surface area contributed by atoms with E-state index in [4.69, 9.17) is 0 Å². The van der Waals surface area contributed by atoms with Crippen molar-refractivity contribution < 1.29 is 9.18 Å². The molecular formula is C21H18FN3OS. The second kappa shape index (κ2) is 6.96. The normalized spacial score (nSPS) is 11.1. The summed E-state index contributed by atoms with van der Waals surface area (Å²) in [5, 5.41) is 5.49. The van der Waals surface area contributed by atoms with Crippen molar-refractivity contribution >= 4 is 27.5 Å². The van der Waals surface area contributed by atoms with Gasteiger partial charge in [0.1, 0.15) is 10.6 Å². The standard InChI is InChI=1S/C21H18FN3OS/c1-14-18-12-19(20(26)24(2)13-15-6-4-3-5-7-15)27-21(18)25(23-14)17-10-8-16(22)9-11-17/h3-12H,13H2,1-2H3. The molecule has 0 spiro atoms. The molecule has 0 radical (unpaired) electrons. The van der Waals surface area contributed by atoms with Gasteiger partial charge in [-0.05, 0) is 42.8 Å². The predicted molar refractivity (Wildman–Crippen MR) is 106 cm³/mol. The van der Waals surface area contributed by atoms with Crippen LogP contribution in [0.2, 0.25) is 0 Å². The molecule has 0 unspecified atom stereocenters. The first-order chi connectivity index (χ1) is 13.0. The molecule has 2 heterocycles. The fraction of sp³-hybridized carbons (Fsp3) is 0.143. The Balaban J connectivity index is 1.66. The van der Waals surface area contributed by atoms with Crippen LogP contribution in [-0.2, 0) is 6.54 Å². The number of thiophene rings is 1. The van der Waals surface area contributed by atoms with E-state index in [0.29, 0.717) is 11.4 Å². The molecule has 0 aliphatic carbocycles. The van der Waals surface area contributed by atoms with E-state index in [2.05, 4.69) is 5.10 Å². The Hall–Kier alpha value is -2.99. The zero-order chi connectivity index (χ0) is 19.0. The van der Waals surface area contributed by atoms with Gasteiger partial charge < -0.3 is 4.90 Å². The lowest BCUT2D eigenvalue weighted by Gasteiger charge is -2.16. The number of halogens is 1. The monoisotopic (exact) mass is 379 g/mol. The molecule has 0 atom stereocenters. The first-order valence-corrected chi connectivity index (χ1v) is 9.39. The van der Waals surface area contributed by atoms with Crippen LogP contribution in [0.3, 0.4) is 0 Å². The van der Waals surface area contributed by atoms with Gasteiger partial charge in [0.05, 0.1) is 16.3 Å². The van der Waals surface area contributed by atoms with E-state index in [1.54, 1.807) is 28.8 Å². The first-order valence-electron chi connectivity index (χ1n) is 8.57. The second-order valence-electron chi connectivity index (χ2n) is 6.45. The number of carbonyl (C=O) groups is 1. The number of nitrogens with zero attached hydrogens (tertiary/aromatic N) is 3. The average Bonchev–Trinajstić information content (AvgIpc) is 3.23. The topological polar surface area (TPSA) is 38.1 Å². The Morgan fingerprint density at radius 2 is 1.85 bits per heavy atom. The molecule has 27 heavy (non-hydrogen) atoms. The number of rotatable bonds is 4. The molecule has 0 saturated heterocycles. The van der Waals surface area contributed by atoms with Gasteiger partial charge >= 0.3 is 0 Å². The number of hydrogen-bond donors (Lipinski definition) is 0. The molecule has 0 bridgehead atoms. The number of aromatic nitrogens is 2. The summed E-state index contributed by atoms with van der Waals surface area (Å²) in [7, 11) is 1.80. The van der Waals surface area contributed by atoms with E-state index in [9.17, 15) is 9.18 Å². The lowest BCUT2D eigenvalue weighted by molar-refractivity contribution is 0.0790. The third-order valence-electron chi connectivity index (χ3n) is 4.44. The molecule has 0 aliphatic rings. The highest BCUT2D eigenvalue weighted by Crippen LogP contribution is 2.31. The fourth-order valence-electron chi connectivity index (χ4n) is 3.03. The predicted octanol–water partition coefficient (Wildman–Crippen LogP) is 4.81. The quantitative estimate of drug-likeness (QED) is 0.510. The summed E-state index contributed by atoms with van der Waals surface area (Å²) < 4.78 is 15.0. The minimum atomic E-state index is -0.288. The molecule has 1 amide bonds. The molecule has 2 aromatic carbocycles. The van der Waals surface area contributed by atoms with Crippen LogP contribution in [0.25, 0.3) is 15.9 Å². The van der Waals surface area contributed by atoms with Crippen molar-refractivity contribution in [2.24, 2.45) is 0 Å². The third kappa shape index (κ3) is 3.36. The first kappa shape index (κ1) is 17.4. The van der Waals surface area contributed by atoms with E-state index < -0.39 is 0 Å². The SMILES string of the molecule is Cc1nn(-c2ccc(F)cc2)c2sc(C(=O)N(C)Cc3ccccc3)cc12. The summed E-state index contributed by atoms with van der Waals surface area (Å²) in [5.74, 6) is -0.312. The Bertz CT molecular complexity index is 1100. The zero-order valence-corrected chi connectivity index (χ0v) is 15.8. The van der Waals surface area contributed by atoms with Gasteiger partial charge in [-0.25, -0.2) is 9.07 Å². The number of carbonyl (C=O) groups excluding carboxylic acids is 1. The lowest BCUT2D eigenvalue weighted by Crippen LogP contribution is -2.25. The molecule has 0 fully saturated rings. The van der Waals surface area contributed by atoms with Gasteiger partial charge in [-0.2, -0.15) is 5.10 Å². The average molecular weight is 379 g/mol.